The molecule has 4 amide bonds. The predicted octanol–water partition coefficient (Wildman–Crippen LogP) is 4.99. The third kappa shape index (κ3) is 11.6. The molecule has 1 fully saturated rings. The molecule has 3 rings (SSSR count). The summed E-state index contributed by atoms with van der Waals surface area (Å²) in [6, 6.07) is 8.20. The van der Waals surface area contributed by atoms with Gasteiger partial charge in [-0.2, -0.15) is 0 Å². The monoisotopic (exact) mass is 770 g/mol. The molecule has 0 radical (unpaired) electrons. The first-order chi connectivity index (χ1) is 25.6. The predicted molar refractivity (Wildman–Crippen MR) is 214 cm³/mol. The van der Waals surface area contributed by atoms with Gasteiger partial charge in [-0.15, -0.1) is 11.3 Å². The fraction of sp³-hybridized carbons (Fsp3) is 0.683. The number of nitrogens with zero attached hydrogens (tertiary/aromatic N) is 3. The standard InChI is InChI=1S/C41H66N6O6S/c1-12-27(5)35(46(9)39(50)34(26(3)4)45-40(51)41(7,8)43-13-2)32(52-10)25-33(48)47-22-17-20-31(47)36(53-11)28(6)37(49)44-30(38-42-21-23-54-38)24-29-18-15-14-16-19-29/h14-16,18-19,21,23,26-28,30-32,34-36,43H,12-13,17,20,22,24-25H2,1-11H3,(H,44,49)(H,45,51)/t27-,28+,30-,31-,32+,34-,35-,36+/m0/s1. The van der Waals surface area contributed by atoms with Gasteiger partial charge in [-0.05, 0) is 57.1 Å². The molecule has 2 aromatic rings. The summed E-state index contributed by atoms with van der Waals surface area (Å²) in [4.78, 5) is 63.6. The Morgan fingerprint density at radius 2 is 1.72 bits per heavy atom. The van der Waals surface area contributed by atoms with E-state index in [9.17, 15) is 19.2 Å². The lowest BCUT2D eigenvalue weighted by molar-refractivity contribution is -0.148. The van der Waals surface area contributed by atoms with E-state index in [1.165, 1.54) is 11.3 Å². The second kappa shape index (κ2) is 21.1. The molecule has 0 spiro atoms. The highest BCUT2D eigenvalue weighted by Crippen LogP contribution is 2.30. The Morgan fingerprint density at radius 1 is 1.04 bits per heavy atom. The van der Waals surface area contributed by atoms with E-state index in [0.717, 1.165) is 23.4 Å². The van der Waals surface area contributed by atoms with Crippen LogP contribution in [0.4, 0.5) is 0 Å². The van der Waals surface area contributed by atoms with Crippen LogP contribution in [0.15, 0.2) is 41.9 Å². The van der Waals surface area contributed by atoms with Gasteiger partial charge in [-0.1, -0.05) is 78.3 Å². The lowest BCUT2D eigenvalue weighted by atomic mass is 9.89. The summed E-state index contributed by atoms with van der Waals surface area (Å²) in [5.41, 5.74) is 0.239. The number of hydrogen-bond acceptors (Lipinski definition) is 9. The minimum Gasteiger partial charge on any atom is -0.379 e. The number of rotatable bonds is 21. The molecule has 1 aliphatic rings. The van der Waals surface area contributed by atoms with E-state index < -0.39 is 35.7 Å². The van der Waals surface area contributed by atoms with E-state index >= 15 is 0 Å². The zero-order valence-corrected chi connectivity index (χ0v) is 35.2. The minimum atomic E-state index is -0.853. The Hall–Kier alpha value is -3.39. The van der Waals surface area contributed by atoms with Crippen LogP contribution in [0.1, 0.15) is 97.7 Å². The van der Waals surface area contributed by atoms with E-state index in [4.69, 9.17) is 9.47 Å². The van der Waals surface area contributed by atoms with Crippen LogP contribution >= 0.6 is 11.3 Å². The third-order valence-corrected chi connectivity index (χ3v) is 11.9. The molecule has 1 aromatic carbocycles. The van der Waals surface area contributed by atoms with E-state index in [-0.39, 0.29) is 54.0 Å². The number of methoxy groups -OCH3 is 2. The molecule has 0 saturated carbocycles. The summed E-state index contributed by atoms with van der Waals surface area (Å²) in [6.45, 7) is 16.5. The summed E-state index contributed by atoms with van der Waals surface area (Å²) in [5, 5.41) is 12.1. The number of nitrogens with one attached hydrogen (secondary N) is 3. The zero-order valence-electron chi connectivity index (χ0n) is 34.4. The molecular weight excluding hydrogens is 705 g/mol. The maximum Gasteiger partial charge on any atom is 0.245 e. The summed E-state index contributed by atoms with van der Waals surface area (Å²) >= 11 is 1.51. The Morgan fingerprint density at radius 3 is 2.28 bits per heavy atom. The molecule has 1 aromatic heterocycles. The minimum absolute atomic E-state index is 0.00936. The highest BCUT2D eigenvalue weighted by molar-refractivity contribution is 7.09. The van der Waals surface area contributed by atoms with Crippen LogP contribution in [0.5, 0.6) is 0 Å². The number of thiazole rings is 1. The SMILES string of the molecule is CCNC(C)(C)C(=O)N[C@H](C(=O)N(C)[C@@H]([C@@H](C)CC)[C@@H](CC(=O)N1CCC[C@H]1[C@H](OC)[C@@H](C)C(=O)N[C@@H](Cc1ccccc1)c1nccs1)OC)C(C)C. The van der Waals surface area contributed by atoms with Gasteiger partial charge in [-0.25, -0.2) is 4.98 Å². The molecule has 302 valence electrons. The number of amides is 4. The number of carbonyl (C=O) groups is 4. The van der Waals surface area contributed by atoms with Gasteiger partial charge in [0, 0.05) is 39.4 Å². The second-order valence-electron chi connectivity index (χ2n) is 15.6. The smallest absolute Gasteiger partial charge is 0.245 e. The average molecular weight is 771 g/mol. The molecule has 8 atom stereocenters. The van der Waals surface area contributed by atoms with Crippen LogP contribution in [0.25, 0.3) is 0 Å². The van der Waals surface area contributed by atoms with Crippen molar-refractivity contribution in [1.82, 2.24) is 30.7 Å². The Kier molecular flexibility index (Phi) is 17.5. The third-order valence-electron chi connectivity index (χ3n) is 11.0. The molecule has 1 aliphatic heterocycles. The first kappa shape index (κ1) is 45.0. The van der Waals surface area contributed by atoms with Gasteiger partial charge in [0.1, 0.15) is 11.0 Å². The Balaban J connectivity index is 1.78. The van der Waals surface area contributed by atoms with Crippen LogP contribution in [-0.2, 0) is 35.1 Å². The molecule has 13 heteroatoms. The summed E-state index contributed by atoms with van der Waals surface area (Å²) < 4.78 is 12.1. The van der Waals surface area contributed by atoms with Crippen molar-refractivity contribution in [2.75, 3.05) is 34.4 Å². The molecule has 0 bridgehead atoms. The van der Waals surface area contributed by atoms with Crippen molar-refractivity contribution in [2.24, 2.45) is 17.8 Å². The molecule has 3 N–H and O–H groups in total. The molecule has 1 saturated heterocycles. The average Bonchev–Trinajstić information content (AvgIpc) is 3.87. The zero-order chi connectivity index (χ0) is 40.2. The van der Waals surface area contributed by atoms with E-state index in [0.29, 0.717) is 25.9 Å². The molecular formula is C41H66N6O6S. The quantitative estimate of drug-likeness (QED) is 0.161. The van der Waals surface area contributed by atoms with Gasteiger partial charge in [0.2, 0.25) is 23.6 Å². The number of likely N-dealkylation sites (tertiary alicyclic amines) is 1. The highest BCUT2D eigenvalue weighted by Gasteiger charge is 2.43. The van der Waals surface area contributed by atoms with Crippen molar-refractivity contribution in [3.05, 3.63) is 52.5 Å². The number of hydrogen-bond donors (Lipinski definition) is 3. The van der Waals surface area contributed by atoms with Crippen molar-refractivity contribution in [3.63, 3.8) is 0 Å². The molecule has 2 heterocycles. The van der Waals surface area contributed by atoms with Crippen molar-refractivity contribution >= 4 is 35.0 Å². The van der Waals surface area contributed by atoms with E-state index in [2.05, 4.69) is 34.8 Å². The lowest BCUT2D eigenvalue weighted by Gasteiger charge is -2.41. The van der Waals surface area contributed by atoms with Gasteiger partial charge in [-0.3, -0.25) is 19.2 Å². The Labute approximate surface area is 327 Å². The topological polar surface area (TPSA) is 142 Å². The largest absolute Gasteiger partial charge is 0.379 e. The van der Waals surface area contributed by atoms with Crippen LogP contribution in [-0.4, -0.2) is 109 Å². The van der Waals surface area contributed by atoms with E-state index in [1.54, 1.807) is 46.2 Å². The van der Waals surface area contributed by atoms with Crippen LogP contribution in [0.3, 0.4) is 0 Å². The molecule has 0 unspecified atom stereocenters. The maximum absolute atomic E-state index is 14.3. The molecule has 0 aliphatic carbocycles. The van der Waals surface area contributed by atoms with Crippen molar-refractivity contribution in [2.45, 2.75) is 129 Å². The normalized spacial score (nSPS) is 18.7. The molecule has 12 nitrogen and oxygen atoms in total. The summed E-state index contributed by atoms with van der Waals surface area (Å²) in [6.07, 6.45) is 3.48. The van der Waals surface area contributed by atoms with Crippen LogP contribution < -0.4 is 16.0 Å². The van der Waals surface area contributed by atoms with Gasteiger partial charge < -0.3 is 35.2 Å². The van der Waals surface area contributed by atoms with Gasteiger partial charge in [0.15, 0.2) is 0 Å². The number of aromatic nitrogens is 1. The number of carbonyl (C=O) groups excluding carboxylic acids is 4. The molecule has 54 heavy (non-hydrogen) atoms. The summed E-state index contributed by atoms with van der Waals surface area (Å²) in [5.74, 6) is -1.50. The van der Waals surface area contributed by atoms with E-state index in [1.807, 2.05) is 68.3 Å². The number of benzene rings is 1. The van der Waals surface area contributed by atoms with Gasteiger partial charge >= 0.3 is 0 Å². The number of ether oxygens (including phenoxy) is 2. The fourth-order valence-corrected chi connectivity index (χ4v) is 8.33. The first-order valence-corrected chi connectivity index (χ1v) is 20.4. The maximum atomic E-state index is 14.3. The van der Waals surface area contributed by atoms with Gasteiger partial charge in [0.05, 0.1) is 48.2 Å². The van der Waals surface area contributed by atoms with Gasteiger partial charge in [0.25, 0.3) is 0 Å². The number of likely N-dealkylation sites (N-methyl/N-ethyl adjacent to an activating group) is 2. The summed E-state index contributed by atoms with van der Waals surface area (Å²) in [7, 11) is 4.91. The van der Waals surface area contributed by atoms with Crippen molar-refractivity contribution < 1.29 is 28.7 Å². The van der Waals surface area contributed by atoms with Crippen molar-refractivity contribution in [1.29, 1.82) is 0 Å². The van der Waals surface area contributed by atoms with Crippen molar-refractivity contribution in [3.8, 4) is 0 Å². The highest BCUT2D eigenvalue weighted by atomic mass is 32.1. The fourth-order valence-electron chi connectivity index (χ4n) is 7.64. The van der Waals surface area contributed by atoms with Crippen LogP contribution in [0.2, 0.25) is 0 Å². The van der Waals surface area contributed by atoms with Crippen LogP contribution in [0, 0.1) is 17.8 Å². The lowest BCUT2D eigenvalue weighted by Crippen LogP contribution is -2.61. The second-order valence-corrected chi connectivity index (χ2v) is 16.5. The first-order valence-electron chi connectivity index (χ1n) is 19.5. The Bertz CT molecular complexity index is 1470.